The summed E-state index contributed by atoms with van der Waals surface area (Å²) in [6.45, 7) is 3.79. The lowest BCUT2D eigenvalue weighted by atomic mass is 10.3. The van der Waals surface area contributed by atoms with Crippen molar-refractivity contribution in [3.8, 4) is 0 Å². The topological polar surface area (TPSA) is 111 Å². The van der Waals surface area contributed by atoms with E-state index >= 15 is 0 Å². The van der Waals surface area contributed by atoms with Gasteiger partial charge < -0.3 is 19.7 Å². The Labute approximate surface area is 155 Å². The van der Waals surface area contributed by atoms with E-state index in [1.54, 1.807) is 24.5 Å². The van der Waals surface area contributed by atoms with E-state index in [9.17, 15) is 4.57 Å². The molecule has 0 spiro atoms. The Morgan fingerprint density at radius 2 is 1.36 bits per heavy atom. The largest absolute Gasteiger partial charge is 0.513 e. The summed E-state index contributed by atoms with van der Waals surface area (Å²) in [5.74, 6) is 0.834. The van der Waals surface area contributed by atoms with Crippen molar-refractivity contribution < 1.29 is 13.6 Å². The fraction of sp³-hybridized carbons (Fsp3) is 0.143. The number of hydrogen-bond donors (Lipinski definition) is 3. The van der Waals surface area contributed by atoms with Gasteiger partial charge in [-0.3, -0.25) is 0 Å². The predicted molar refractivity (Wildman–Crippen MR) is 104 cm³/mol. The van der Waals surface area contributed by atoms with E-state index in [1.165, 1.54) is 0 Å². The molecule has 0 fully saturated rings. The van der Waals surface area contributed by atoms with E-state index in [2.05, 4.69) is 20.6 Å². The second kappa shape index (κ2) is 8.30. The highest BCUT2D eigenvalue weighted by atomic mass is 32.1. The zero-order valence-electron chi connectivity index (χ0n) is 13.4. The van der Waals surface area contributed by atoms with Gasteiger partial charge in [0.1, 0.15) is 11.6 Å². The minimum Gasteiger partial charge on any atom is -0.377 e. The van der Waals surface area contributed by atoms with Gasteiger partial charge in [-0.1, -0.05) is 12.1 Å². The Kier molecular flexibility index (Phi) is 6.38. The first-order valence-corrected chi connectivity index (χ1v) is 9.41. The number of nitrogens with zero attached hydrogens (tertiary/aromatic N) is 2. The van der Waals surface area contributed by atoms with Crippen molar-refractivity contribution in [2.24, 2.45) is 5.50 Å². The summed E-state index contributed by atoms with van der Waals surface area (Å²) in [4.78, 5) is 8.15. The highest BCUT2D eigenvalue weighted by molar-refractivity contribution is 7.81. The normalized spacial score (nSPS) is 10.7. The lowest BCUT2D eigenvalue weighted by molar-refractivity contribution is 0.385. The van der Waals surface area contributed by atoms with Crippen LogP contribution in [0.4, 0.5) is 11.6 Å². The molecule has 0 radical (unpaired) electrons. The maximum Gasteiger partial charge on any atom is 0.513 e. The van der Waals surface area contributed by atoms with E-state index in [0.717, 1.165) is 11.1 Å². The molecule has 0 bridgehead atoms. The molecule has 0 atom stereocenters. The second-order valence-electron chi connectivity index (χ2n) is 4.99. The van der Waals surface area contributed by atoms with Crippen molar-refractivity contribution in [2.45, 2.75) is 13.8 Å². The van der Waals surface area contributed by atoms with Gasteiger partial charge in [-0.05, 0) is 61.5 Å². The Bertz CT molecular complexity index is 749. The number of nitrogens with one attached hydrogen (secondary N) is 2. The van der Waals surface area contributed by atoms with Gasteiger partial charge in [0.25, 0.3) is 10.3 Å². The van der Waals surface area contributed by atoms with Crippen molar-refractivity contribution in [3.05, 3.63) is 47.8 Å². The van der Waals surface area contributed by atoms with Gasteiger partial charge in [-0.2, -0.15) is 0 Å². The van der Waals surface area contributed by atoms with Crippen LogP contribution in [0.2, 0.25) is 0 Å². The van der Waals surface area contributed by atoms with Crippen molar-refractivity contribution in [2.75, 3.05) is 10.6 Å². The average molecular weight is 397 g/mol. The first-order chi connectivity index (χ1) is 11.7. The quantitative estimate of drug-likeness (QED) is 0.525. The maximum atomic E-state index is 12.2. The van der Waals surface area contributed by atoms with Crippen LogP contribution < -0.4 is 16.1 Å². The van der Waals surface area contributed by atoms with E-state index < -0.39 is 7.75 Å². The first kappa shape index (κ1) is 19.2. The molecule has 132 valence electrons. The molecular formula is C14H16N5O3PS2. The van der Waals surface area contributed by atoms with Crippen LogP contribution in [-0.4, -0.2) is 20.3 Å². The molecule has 2 heterocycles. The van der Waals surface area contributed by atoms with Gasteiger partial charge in [0.2, 0.25) is 0 Å². The number of nitrogens with two attached hydrogens (primary N) is 1. The number of aryl methyl sites for hydroxylation is 2. The third-order valence-corrected chi connectivity index (χ3v) is 4.20. The molecule has 25 heavy (non-hydrogen) atoms. The Morgan fingerprint density at radius 3 is 1.68 bits per heavy atom. The molecule has 2 aromatic heterocycles. The predicted octanol–water partition coefficient (Wildman–Crippen LogP) is 3.29. The van der Waals surface area contributed by atoms with Gasteiger partial charge in [-0.15, -0.1) is 0 Å². The minimum atomic E-state index is -4.06. The van der Waals surface area contributed by atoms with Gasteiger partial charge in [0.05, 0.1) is 0 Å². The smallest absolute Gasteiger partial charge is 0.377 e. The van der Waals surface area contributed by atoms with Crippen LogP contribution in [0.1, 0.15) is 11.1 Å². The monoisotopic (exact) mass is 397 g/mol. The summed E-state index contributed by atoms with van der Waals surface area (Å²) in [5, 5.41) is 4.79. The fourth-order valence-corrected chi connectivity index (χ4v) is 3.01. The molecule has 2 aromatic rings. The molecule has 0 aliphatic carbocycles. The molecule has 8 nitrogen and oxygen atoms in total. The lowest BCUT2D eigenvalue weighted by Gasteiger charge is -2.16. The summed E-state index contributed by atoms with van der Waals surface area (Å²) in [6.07, 6.45) is 3.27. The summed E-state index contributed by atoms with van der Waals surface area (Å²) >= 11 is 9.86. The van der Waals surface area contributed by atoms with Crippen LogP contribution >= 0.6 is 32.2 Å². The minimum absolute atomic E-state index is 0.251. The van der Waals surface area contributed by atoms with Gasteiger partial charge in [0.15, 0.2) is 0 Å². The molecule has 0 unspecified atom stereocenters. The third-order valence-electron chi connectivity index (χ3n) is 2.70. The van der Waals surface area contributed by atoms with Gasteiger partial charge in [0, 0.05) is 12.4 Å². The van der Waals surface area contributed by atoms with Crippen LogP contribution in [0.3, 0.4) is 0 Å². The Morgan fingerprint density at radius 1 is 0.960 bits per heavy atom. The highest BCUT2D eigenvalue weighted by Gasteiger charge is 2.25. The van der Waals surface area contributed by atoms with Crippen molar-refractivity contribution in [1.82, 2.24) is 9.97 Å². The van der Waals surface area contributed by atoms with Gasteiger partial charge >= 0.3 is 7.75 Å². The molecule has 0 saturated heterocycles. The van der Waals surface area contributed by atoms with E-state index in [-0.39, 0.29) is 10.3 Å². The molecule has 0 aromatic carbocycles. The standard InChI is InChI=1S/C14H16N5O3PS2/c1-9-3-5-11(16-7-9)18-13(24)21-23(15,20)22-14(25)19-12-6-4-10(2)8-17-12/h3-8H,1-2H3,(H2,15,20)(H,16,18,24)(H,17,19,25). The SMILES string of the molecule is Cc1ccc(NC(=S)OP(N)(=O)OC(=S)Nc2ccc(C)cn2)nc1. The van der Waals surface area contributed by atoms with Crippen molar-refractivity contribution in [3.63, 3.8) is 0 Å². The fourth-order valence-electron chi connectivity index (χ4n) is 1.59. The van der Waals surface area contributed by atoms with Crippen LogP contribution in [0.5, 0.6) is 0 Å². The number of rotatable bonds is 4. The first-order valence-electron chi connectivity index (χ1n) is 6.98. The number of thiocarbonyl (C=S) groups is 2. The molecule has 0 amide bonds. The van der Waals surface area contributed by atoms with E-state index in [1.807, 2.05) is 26.0 Å². The number of pyridine rings is 2. The average Bonchev–Trinajstić information content (AvgIpc) is 2.50. The molecular weight excluding hydrogens is 381 g/mol. The molecule has 0 saturated carbocycles. The van der Waals surface area contributed by atoms with Crippen molar-refractivity contribution in [1.29, 1.82) is 0 Å². The Hall–Kier alpha value is -2.13. The van der Waals surface area contributed by atoms with Crippen molar-refractivity contribution >= 4 is 54.2 Å². The summed E-state index contributed by atoms with van der Waals surface area (Å²) in [5.41, 5.74) is 7.45. The van der Waals surface area contributed by atoms with E-state index in [4.69, 9.17) is 39.0 Å². The number of aromatic nitrogens is 2. The molecule has 11 heteroatoms. The third kappa shape index (κ3) is 6.71. The van der Waals surface area contributed by atoms with Gasteiger partial charge in [-0.25, -0.2) is 20.0 Å². The summed E-state index contributed by atoms with van der Waals surface area (Å²) in [6, 6.07) is 7.01. The van der Waals surface area contributed by atoms with E-state index in [0.29, 0.717) is 11.6 Å². The molecule has 0 aliphatic heterocycles. The molecule has 0 aliphatic rings. The second-order valence-corrected chi connectivity index (χ2v) is 7.18. The lowest BCUT2D eigenvalue weighted by Crippen LogP contribution is -2.20. The van der Waals surface area contributed by atoms with Crippen LogP contribution in [-0.2, 0) is 13.6 Å². The molecule has 4 N–H and O–H groups in total. The zero-order valence-corrected chi connectivity index (χ0v) is 16.0. The number of anilines is 2. The summed E-state index contributed by atoms with van der Waals surface area (Å²) < 4.78 is 22.0. The zero-order chi connectivity index (χ0) is 18.4. The van der Waals surface area contributed by atoms with Crippen LogP contribution in [0.15, 0.2) is 36.7 Å². The number of hydrogen-bond acceptors (Lipinski definition) is 7. The van der Waals surface area contributed by atoms with Crippen LogP contribution in [0.25, 0.3) is 0 Å². The summed E-state index contributed by atoms with van der Waals surface area (Å²) in [7, 11) is -4.06. The Balaban J connectivity index is 1.88. The van der Waals surface area contributed by atoms with Crippen LogP contribution in [0, 0.1) is 13.8 Å². The maximum absolute atomic E-state index is 12.2. The molecule has 2 rings (SSSR count). The highest BCUT2D eigenvalue weighted by Crippen LogP contribution is 2.39.